The number of Topliss-reactive ketones (excluding diaryl/α,β-unsaturated/α-hetero) is 1. The predicted molar refractivity (Wildman–Crippen MR) is 40.6 cm³/mol. The van der Waals surface area contributed by atoms with E-state index in [0.29, 0.717) is 17.6 Å². The molecule has 0 spiro atoms. The average Bonchev–Trinajstić information content (AvgIpc) is 2.74. The summed E-state index contributed by atoms with van der Waals surface area (Å²) in [7, 11) is 0. The van der Waals surface area contributed by atoms with Crippen LogP contribution in [-0.2, 0) is 14.4 Å². The van der Waals surface area contributed by atoms with Gasteiger partial charge in [0.05, 0.1) is 5.57 Å². The van der Waals surface area contributed by atoms with Crippen molar-refractivity contribution < 1.29 is 14.4 Å². The lowest BCUT2D eigenvalue weighted by Gasteiger charge is -1.98. The molecule has 0 N–H and O–H groups in total. The van der Waals surface area contributed by atoms with Gasteiger partial charge in [0.25, 0.3) is 5.24 Å². The summed E-state index contributed by atoms with van der Waals surface area (Å²) in [6, 6.07) is 0. The third-order valence-corrected chi connectivity index (χ3v) is 2.10. The molecule has 0 unspecified atom stereocenters. The lowest BCUT2D eigenvalue weighted by molar-refractivity contribution is -0.117. The second-order valence-electron chi connectivity index (χ2n) is 2.66. The first-order valence-electron chi connectivity index (χ1n) is 3.34. The van der Waals surface area contributed by atoms with Crippen LogP contribution in [0.2, 0.25) is 0 Å². The van der Waals surface area contributed by atoms with Gasteiger partial charge in [0.1, 0.15) is 0 Å². The van der Waals surface area contributed by atoms with Crippen LogP contribution in [-0.4, -0.2) is 16.8 Å². The second kappa shape index (κ2) is 2.14. The lowest BCUT2D eigenvalue weighted by atomic mass is 10.1. The van der Waals surface area contributed by atoms with E-state index in [1.54, 1.807) is 0 Å². The Morgan fingerprint density at radius 1 is 1.33 bits per heavy atom. The summed E-state index contributed by atoms with van der Waals surface area (Å²) in [5, 5.41) is -0.855. The van der Waals surface area contributed by atoms with Crippen molar-refractivity contribution in [2.45, 2.75) is 6.42 Å². The van der Waals surface area contributed by atoms with E-state index in [9.17, 15) is 14.4 Å². The molecule has 0 aromatic carbocycles. The Morgan fingerprint density at radius 3 is 2.58 bits per heavy atom. The summed E-state index contributed by atoms with van der Waals surface area (Å²) in [6.07, 6.45) is 1.44. The summed E-state index contributed by atoms with van der Waals surface area (Å²) >= 11 is 5.10. The van der Waals surface area contributed by atoms with E-state index in [1.807, 2.05) is 0 Å². The van der Waals surface area contributed by atoms with E-state index in [0.717, 1.165) is 6.08 Å². The molecule has 60 valence electrons. The Kier molecular flexibility index (Phi) is 1.32. The van der Waals surface area contributed by atoms with Crippen LogP contribution in [0, 0.1) is 0 Å². The minimum absolute atomic E-state index is 0.196. The van der Waals surface area contributed by atoms with Gasteiger partial charge in [-0.05, 0) is 11.6 Å². The molecular weight excluding hydrogens is 180 g/mol. The Morgan fingerprint density at radius 2 is 2.00 bits per heavy atom. The van der Waals surface area contributed by atoms with E-state index < -0.39 is 5.24 Å². The molecule has 2 rings (SSSR count). The topological polar surface area (TPSA) is 51.2 Å². The molecule has 0 saturated heterocycles. The van der Waals surface area contributed by atoms with Crippen molar-refractivity contribution in [3.63, 3.8) is 0 Å². The lowest BCUT2D eigenvalue weighted by Crippen LogP contribution is -2.12. The first-order chi connectivity index (χ1) is 5.61. The zero-order valence-corrected chi connectivity index (χ0v) is 6.64. The van der Waals surface area contributed by atoms with Crippen LogP contribution in [0.1, 0.15) is 6.42 Å². The summed E-state index contributed by atoms with van der Waals surface area (Å²) in [4.78, 5) is 32.8. The van der Waals surface area contributed by atoms with E-state index in [-0.39, 0.29) is 17.1 Å². The number of carbonyl (C=O) groups is 3. The SMILES string of the molecule is O=C(Cl)C1=CC(=O)C2=C(C2)C1=O. The summed E-state index contributed by atoms with van der Waals surface area (Å²) in [6.45, 7) is 0. The molecule has 0 radical (unpaired) electrons. The number of carbonyl (C=O) groups excluding carboxylic acids is 3. The van der Waals surface area contributed by atoms with Gasteiger partial charge in [-0.3, -0.25) is 14.4 Å². The van der Waals surface area contributed by atoms with Gasteiger partial charge in [-0.25, -0.2) is 0 Å². The fourth-order valence-corrected chi connectivity index (χ4v) is 1.32. The Bertz CT molecular complexity index is 387. The Hall–Kier alpha value is -1.22. The molecule has 0 atom stereocenters. The standard InChI is InChI=1S/C8H3ClO3/c9-8(12)5-2-6(10)3-1-4(3)7(5)11/h2H,1H2. The second-order valence-corrected chi connectivity index (χ2v) is 3.00. The number of hydrogen-bond donors (Lipinski definition) is 0. The minimum atomic E-state index is -0.855. The zero-order valence-electron chi connectivity index (χ0n) is 5.89. The van der Waals surface area contributed by atoms with Crippen molar-refractivity contribution in [2.24, 2.45) is 0 Å². The Labute approximate surface area is 72.7 Å². The fourth-order valence-electron chi connectivity index (χ4n) is 1.18. The summed E-state index contributed by atoms with van der Waals surface area (Å²) in [5.41, 5.74) is 0.783. The van der Waals surface area contributed by atoms with Gasteiger partial charge in [-0.2, -0.15) is 0 Å². The third-order valence-electron chi connectivity index (χ3n) is 1.90. The quantitative estimate of drug-likeness (QED) is 0.338. The maximum atomic E-state index is 11.2. The van der Waals surface area contributed by atoms with Gasteiger partial charge >= 0.3 is 0 Å². The number of hydrogen-bond acceptors (Lipinski definition) is 3. The van der Waals surface area contributed by atoms with E-state index in [4.69, 9.17) is 11.6 Å². The number of halogens is 1. The zero-order chi connectivity index (χ0) is 8.88. The van der Waals surface area contributed by atoms with Crippen LogP contribution in [0.3, 0.4) is 0 Å². The molecule has 2 aliphatic carbocycles. The van der Waals surface area contributed by atoms with E-state index >= 15 is 0 Å². The molecule has 0 aromatic heterocycles. The van der Waals surface area contributed by atoms with Crippen LogP contribution in [0.4, 0.5) is 0 Å². The van der Waals surface area contributed by atoms with Crippen molar-refractivity contribution in [3.8, 4) is 0 Å². The average molecular weight is 183 g/mol. The van der Waals surface area contributed by atoms with Crippen molar-refractivity contribution in [1.29, 1.82) is 0 Å². The van der Waals surface area contributed by atoms with Crippen LogP contribution in [0.5, 0.6) is 0 Å². The predicted octanol–water partition coefficient (Wildman–Crippen LogP) is 0.530. The highest BCUT2D eigenvalue weighted by Gasteiger charge is 2.39. The maximum absolute atomic E-state index is 11.2. The molecule has 0 fully saturated rings. The molecule has 12 heavy (non-hydrogen) atoms. The Balaban J connectivity index is 2.44. The smallest absolute Gasteiger partial charge is 0.256 e. The minimum Gasteiger partial charge on any atom is -0.290 e. The highest BCUT2D eigenvalue weighted by atomic mass is 35.5. The highest BCUT2D eigenvalue weighted by molar-refractivity contribution is 6.72. The van der Waals surface area contributed by atoms with Crippen molar-refractivity contribution >= 4 is 28.4 Å². The molecule has 4 heteroatoms. The molecule has 0 aliphatic heterocycles. The van der Waals surface area contributed by atoms with Crippen LogP contribution in [0.25, 0.3) is 0 Å². The van der Waals surface area contributed by atoms with Crippen LogP contribution >= 0.6 is 11.6 Å². The van der Waals surface area contributed by atoms with Gasteiger partial charge in [0, 0.05) is 23.6 Å². The normalized spacial score (nSPS) is 20.6. The molecule has 0 bridgehead atoms. The van der Waals surface area contributed by atoms with E-state index in [2.05, 4.69) is 0 Å². The molecule has 0 heterocycles. The monoisotopic (exact) mass is 182 g/mol. The van der Waals surface area contributed by atoms with Gasteiger partial charge < -0.3 is 0 Å². The summed E-state index contributed by atoms with van der Waals surface area (Å²) < 4.78 is 0. The van der Waals surface area contributed by atoms with Gasteiger partial charge in [0.2, 0.25) is 0 Å². The molecule has 3 nitrogen and oxygen atoms in total. The molecule has 0 saturated carbocycles. The fraction of sp³-hybridized carbons (Fsp3) is 0.125. The molecule has 0 aromatic rings. The van der Waals surface area contributed by atoms with Gasteiger partial charge in [-0.15, -0.1) is 0 Å². The van der Waals surface area contributed by atoms with Gasteiger partial charge in [0.15, 0.2) is 11.6 Å². The third kappa shape index (κ3) is 0.865. The van der Waals surface area contributed by atoms with Crippen LogP contribution < -0.4 is 0 Å². The number of rotatable bonds is 1. The first-order valence-corrected chi connectivity index (χ1v) is 3.71. The van der Waals surface area contributed by atoms with Crippen molar-refractivity contribution in [1.82, 2.24) is 0 Å². The van der Waals surface area contributed by atoms with Crippen molar-refractivity contribution in [2.75, 3.05) is 0 Å². The maximum Gasteiger partial charge on any atom is 0.256 e. The largest absolute Gasteiger partial charge is 0.290 e. The first kappa shape index (κ1) is 7.43. The molecular formula is C8H3ClO3. The molecule has 2 aliphatic rings. The number of allylic oxidation sites excluding steroid dienone is 4. The van der Waals surface area contributed by atoms with Crippen LogP contribution in [0.15, 0.2) is 22.8 Å². The molecule has 0 amide bonds. The summed E-state index contributed by atoms with van der Waals surface area (Å²) in [5.74, 6) is -0.641. The van der Waals surface area contributed by atoms with E-state index in [1.165, 1.54) is 0 Å². The van der Waals surface area contributed by atoms with Gasteiger partial charge in [-0.1, -0.05) is 0 Å². The van der Waals surface area contributed by atoms with Crippen molar-refractivity contribution in [3.05, 3.63) is 22.8 Å². The number of ketones is 2. The highest BCUT2D eigenvalue weighted by Crippen LogP contribution is 2.38.